The molecule has 5 heteroatoms. The number of esters is 1. The number of ether oxygens (including phenoxy) is 1. The topological polar surface area (TPSA) is 55.8 Å². The Balaban J connectivity index is 1.64. The molecule has 0 saturated carbocycles. The Bertz CT molecular complexity index is 743. The molecule has 3 aliphatic rings. The Hall–Kier alpha value is -1.17. The molecule has 0 radical (unpaired) electrons. The van der Waals surface area contributed by atoms with Crippen molar-refractivity contribution in [1.29, 1.82) is 0 Å². The molecule has 0 aromatic rings. The maximum atomic E-state index is 12.3. The van der Waals surface area contributed by atoms with Crippen LogP contribution in [0.3, 0.4) is 0 Å². The van der Waals surface area contributed by atoms with Crippen molar-refractivity contribution in [1.82, 2.24) is 0 Å². The van der Waals surface area contributed by atoms with Crippen molar-refractivity contribution < 1.29 is 19.1 Å². The standard InChI is InChI=1S/C25H40O4Si/c1-16-12-18-9-8-17(2)21(24(18)22(26)13-16)11-10-19-14-20(15-23(27)28-19)29-30(6,7)25(3,4)5/h8-9,12-13,17,19-22,24,26H,10-11,14-15H2,1-7H3/t17-,19+,20+,21-,22-,24-/m0/s1. The van der Waals surface area contributed by atoms with Crippen molar-refractivity contribution in [3.8, 4) is 0 Å². The minimum atomic E-state index is -1.92. The zero-order valence-electron chi connectivity index (χ0n) is 19.8. The van der Waals surface area contributed by atoms with Crippen LogP contribution in [-0.4, -0.2) is 37.7 Å². The van der Waals surface area contributed by atoms with Crippen LogP contribution >= 0.6 is 0 Å². The number of allylic oxidation sites excluding steroid dienone is 4. The molecular formula is C25H40O4Si. The van der Waals surface area contributed by atoms with Gasteiger partial charge in [0.2, 0.25) is 0 Å². The molecule has 0 unspecified atom stereocenters. The zero-order valence-corrected chi connectivity index (χ0v) is 20.8. The van der Waals surface area contributed by atoms with E-state index >= 15 is 0 Å². The molecule has 0 bridgehead atoms. The van der Waals surface area contributed by atoms with E-state index < -0.39 is 14.4 Å². The summed E-state index contributed by atoms with van der Waals surface area (Å²) in [5, 5.41) is 10.9. The first-order chi connectivity index (χ1) is 13.9. The molecule has 1 N–H and O–H groups in total. The van der Waals surface area contributed by atoms with Crippen LogP contribution in [0.5, 0.6) is 0 Å². The van der Waals surface area contributed by atoms with E-state index in [-0.39, 0.29) is 29.1 Å². The van der Waals surface area contributed by atoms with Crippen LogP contribution in [0.1, 0.15) is 60.3 Å². The van der Waals surface area contributed by atoms with Gasteiger partial charge in [-0.05, 0) is 55.3 Å². The van der Waals surface area contributed by atoms with Crippen LogP contribution in [-0.2, 0) is 14.0 Å². The molecule has 0 aromatic carbocycles. The normalized spacial score (nSPS) is 34.7. The van der Waals surface area contributed by atoms with Crippen LogP contribution in [0.4, 0.5) is 0 Å². The lowest BCUT2D eigenvalue weighted by molar-refractivity contribution is -0.160. The summed E-state index contributed by atoms with van der Waals surface area (Å²) in [6.45, 7) is 15.4. The van der Waals surface area contributed by atoms with E-state index in [0.717, 1.165) is 24.8 Å². The fraction of sp³-hybridized carbons (Fsp3) is 0.720. The maximum Gasteiger partial charge on any atom is 0.308 e. The van der Waals surface area contributed by atoms with Crippen molar-refractivity contribution in [3.05, 3.63) is 35.5 Å². The second-order valence-electron chi connectivity index (χ2n) is 11.1. The van der Waals surface area contributed by atoms with Gasteiger partial charge in [-0.1, -0.05) is 57.6 Å². The van der Waals surface area contributed by atoms with E-state index in [2.05, 4.69) is 59.0 Å². The van der Waals surface area contributed by atoms with Crippen LogP contribution in [0, 0.1) is 17.8 Å². The molecule has 0 amide bonds. The molecule has 1 fully saturated rings. The minimum Gasteiger partial charge on any atom is -0.462 e. The second kappa shape index (κ2) is 8.76. The monoisotopic (exact) mass is 432 g/mol. The number of cyclic esters (lactones) is 1. The molecule has 30 heavy (non-hydrogen) atoms. The quantitative estimate of drug-likeness (QED) is 0.457. The third-order valence-electron chi connectivity index (χ3n) is 7.62. The number of carbonyl (C=O) groups is 1. The summed E-state index contributed by atoms with van der Waals surface area (Å²) < 4.78 is 12.3. The first-order valence-corrected chi connectivity index (χ1v) is 14.4. The van der Waals surface area contributed by atoms with Gasteiger partial charge in [0, 0.05) is 12.3 Å². The number of aliphatic hydroxyl groups is 1. The highest BCUT2D eigenvalue weighted by atomic mass is 28.4. The SMILES string of the molecule is CC1=C[C@H](O)[C@H]2C(=C1)C=C[C@H](C)[C@@H]2CC[C@@H]1C[C@@H](O[Si](C)(C)C(C)(C)C)CC(=O)O1. The van der Waals surface area contributed by atoms with E-state index in [0.29, 0.717) is 18.3 Å². The Morgan fingerprint density at radius 1 is 1.27 bits per heavy atom. The Labute approximate surface area is 183 Å². The predicted molar refractivity (Wildman–Crippen MR) is 124 cm³/mol. The first kappa shape index (κ1) is 23.5. The van der Waals surface area contributed by atoms with Crippen molar-refractivity contribution in [2.75, 3.05) is 0 Å². The largest absolute Gasteiger partial charge is 0.462 e. The van der Waals surface area contributed by atoms with Crippen molar-refractivity contribution in [2.24, 2.45) is 17.8 Å². The van der Waals surface area contributed by atoms with E-state index in [1.807, 2.05) is 13.0 Å². The number of hydrogen-bond donors (Lipinski definition) is 1. The first-order valence-electron chi connectivity index (χ1n) is 11.5. The third kappa shape index (κ3) is 5.17. The molecule has 168 valence electrons. The molecular weight excluding hydrogens is 392 g/mol. The smallest absolute Gasteiger partial charge is 0.308 e. The van der Waals surface area contributed by atoms with E-state index in [9.17, 15) is 9.90 Å². The molecule has 2 aliphatic carbocycles. The lowest BCUT2D eigenvalue weighted by Gasteiger charge is -2.42. The van der Waals surface area contributed by atoms with Crippen LogP contribution in [0.15, 0.2) is 35.5 Å². The van der Waals surface area contributed by atoms with Crippen molar-refractivity contribution in [2.45, 2.75) is 96.7 Å². The number of hydrogen-bond acceptors (Lipinski definition) is 4. The lowest BCUT2D eigenvalue weighted by Crippen LogP contribution is -2.47. The number of aliphatic hydroxyl groups excluding tert-OH is 1. The molecule has 0 spiro atoms. The summed E-state index contributed by atoms with van der Waals surface area (Å²) in [6, 6.07) is 0. The summed E-state index contributed by atoms with van der Waals surface area (Å²) in [7, 11) is -1.92. The van der Waals surface area contributed by atoms with E-state index in [1.54, 1.807) is 0 Å². The Morgan fingerprint density at radius 2 is 1.97 bits per heavy atom. The fourth-order valence-corrected chi connectivity index (χ4v) is 6.26. The average molecular weight is 433 g/mol. The van der Waals surface area contributed by atoms with Gasteiger partial charge in [0.05, 0.1) is 18.6 Å². The fourth-order valence-electron chi connectivity index (χ4n) is 4.90. The van der Waals surface area contributed by atoms with Gasteiger partial charge in [-0.25, -0.2) is 0 Å². The maximum absolute atomic E-state index is 12.3. The summed E-state index contributed by atoms with van der Waals surface area (Å²) >= 11 is 0. The summed E-state index contributed by atoms with van der Waals surface area (Å²) in [6.07, 6.45) is 10.9. The molecule has 0 aromatic heterocycles. The van der Waals surface area contributed by atoms with Crippen LogP contribution < -0.4 is 0 Å². The average Bonchev–Trinajstić information content (AvgIpc) is 2.59. The molecule has 1 aliphatic heterocycles. The predicted octanol–water partition coefficient (Wildman–Crippen LogP) is 5.55. The van der Waals surface area contributed by atoms with Gasteiger partial charge in [-0.15, -0.1) is 0 Å². The van der Waals surface area contributed by atoms with Gasteiger partial charge in [-0.2, -0.15) is 0 Å². The van der Waals surface area contributed by atoms with Gasteiger partial charge in [0.15, 0.2) is 8.32 Å². The van der Waals surface area contributed by atoms with Crippen molar-refractivity contribution >= 4 is 14.3 Å². The van der Waals surface area contributed by atoms with Gasteiger partial charge in [0.25, 0.3) is 0 Å². The van der Waals surface area contributed by atoms with E-state index in [4.69, 9.17) is 9.16 Å². The van der Waals surface area contributed by atoms with Crippen LogP contribution in [0.2, 0.25) is 18.1 Å². The molecule has 3 rings (SSSR count). The number of fused-ring (bicyclic) bond motifs is 1. The van der Waals surface area contributed by atoms with E-state index in [1.165, 1.54) is 5.57 Å². The van der Waals surface area contributed by atoms with Gasteiger partial charge in [0.1, 0.15) is 6.10 Å². The summed E-state index contributed by atoms with van der Waals surface area (Å²) in [5.41, 5.74) is 2.35. The molecule has 1 heterocycles. The molecule has 6 atom stereocenters. The van der Waals surface area contributed by atoms with Gasteiger partial charge >= 0.3 is 5.97 Å². The molecule has 1 saturated heterocycles. The number of carbonyl (C=O) groups excluding carboxylic acids is 1. The Kier molecular flexibility index (Phi) is 6.85. The highest BCUT2D eigenvalue weighted by molar-refractivity contribution is 6.74. The lowest BCUT2D eigenvalue weighted by atomic mass is 9.67. The minimum absolute atomic E-state index is 0.0397. The molecule has 4 nitrogen and oxygen atoms in total. The van der Waals surface area contributed by atoms with Gasteiger partial charge in [-0.3, -0.25) is 4.79 Å². The van der Waals surface area contributed by atoms with Crippen LogP contribution in [0.25, 0.3) is 0 Å². The van der Waals surface area contributed by atoms with Gasteiger partial charge < -0.3 is 14.3 Å². The Morgan fingerprint density at radius 3 is 2.63 bits per heavy atom. The number of rotatable bonds is 5. The highest BCUT2D eigenvalue weighted by Gasteiger charge is 2.42. The second-order valence-corrected chi connectivity index (χ2v) is 15.8. The third-order valence-corrected chi connectivity index (χ3v) is 12.2. The zero-order chi connectivity index (χ0) is 22.3. The summed E-state index contributed by atoms with van der Waals surface area (Å²) in [4.78, 5) is 12.3. The van der Waals surface area contributed by atoms with Crippen molar-refractivity contribution in [3.63, 3.8) is 0 Å². The summed E-state index contributed by atoms with van der Waals surface area (Å²) in [5.74, 6) is 0.740. The highest BCUT2D eigenvalue weighted by Crippen LogP contribution is 2.43.